The van der Waals surface area contributed by atoms with Crippen LogP contribution in [-0.2, 0) is 12.8 Å². The molecule has 6 rings (SSSR count). The van der Waals surface area contributed by atoms with Crippen LogP contribution in [0.3, 0.4) is 0 Å². The zero-order valence-corrected chi connectivity index (χ0v) is 22.5. The summed E-state index contributed by atoms with van der Waals surface area (Å²) in [5.41, 5.74) is 0. The van der Waals surface area contributed by atoms with Crippen LogP contribution in [0.15, 0.2) is 48.5 Å². The monoisotopic (exact) mass is 502 g/mol. The minimum Gasteiger partial charge on any atom is -0.457 e. The number of rotatable bonds is 6. The number of fused-ring (bicyclic) bond motifs is 2. The second-order valence-corrected chi connectivity index (χ2v) is 13.4. The molecule has 0 amide bonds. The van der Waals surface area contributed by atoms with Gasteiger partial charge < -0.3 is 4.74 Å². The van der Waals surface area contributed by atoms with E-state index in [2.05, 4.69) is 48.5 Å². The van der Waals surface area contributed by atoms with Crippen molar-refractivity contribution in [1.82, 2.24) is 0 Å². The normalized spacial score (nSPS) is 18.6. The van der Waals surface area contributed by atoms with Gasteiger partial charge in [0, 0.05) is 19.2 Å². The van der Waals surface area contributed by atoms with Crippen molar-refractivity contribution in [1.29, 1.82) is 0 Å². The largest absolute Gasteiger partial charge is 0.457 e. The van der Waals surface area contributed by atoms with E-state index in [0.717, 1.165) is 23.3 Å². The molecule has 2 aromatic carbocycles. The lowest BCUT2D eigenvalue weighted by atomic mass is 9.96. The maximum Gasteiger partial charge on any atom is 0.128 e. The average molecular weight is 503 g/mol. The predicted octanol–water partition coefficient (Wildman–Crippen LogP) is 10.9. The Morgan fingerprint density at radius 3 is 1.40 bits per heavy atom. The standard InChI is InChI=1S/C32H38OS2/c1-2-6-10-23(9-5-1)17-29-19-25-13-15-27(21-31(25)34-29)33-28-16-14-26-20-30(35-32(26)22-28)18-24-11-7-3-4-8-12-24/h13-16,19-24H,1-12,17-18H2. The zero-order chi connectivity index (χ0) is 23.5. The molecule has 4 aromatic rings. The molecule has 3 heteroatoms. The van der Waals surface area contributed by atoms with E-state index in [1.54, 1.807) is 9.75 Å². The molecular weight excluding hydrogens is 464 g/mol. The van der Waals surface area contributed by atoms with Crippen LogP contribution in [0.5, 0.6) is 11.5 Å². The van der Waals surface area contributed by atoms with E-state index in [0.29, 0.717) is 0 Å². The summed E-state index contributed by atoms with van der Waals surface area (Å²) in [6, 6.07) is 18.1. The first-order valence-corrected chi connectivity index (χ1v) is 15.6. The fraction of sp³-hybridized carbons (Fsp3) is 0.500. The van der Waals surface area contributed by atoms with E-state index in [1.165, 1.54) is 110 Å². The molecule has 2 aliphatic rings. The summed E-state index contributed by atoms with van der Waals surface area (Å²) in [5.74, 6) is 3.67. The summed E-state index contributed by atoms with van der Waals surface area (Å²) in [5, 5.41) is 2.73. The highest BCUT2D eigenvalue weighted by atomic mass is 32.1. The maximum atomic E-state index is 6.36. The highest BCUT2D eigenvalue weighted by Crippen LogP contribution is 2.37. The number of ether oxygens (including phenoxy) is 1. The highest BCUT2D eigenvalue weighted by Gasteiger charge is 2.16. The molecule has 2 aromatic heterocycles. The predicted molar refractivity (Wildman–Crippen MR) is 154 cm³/mol. The summed E-state index contributed by atoms with van der Waals surface area (Å²) in [4.78, 5) is 3.09. The fourth-order valence-electron chi connectivity index (χ4n) is 6.30. The topological polar surface area (TPSA) is 9.23 Å². The Morgan fingerprint density at radius 2 is 0.971 bits per heavy atom. The zero-order valence-electron chi connectivity index (χ0n) is 20.9. The Morgan fingerprint density at radius 1 is 0.543 bits per heavy atom. The molecule has 0 aliphatic heterocycles. The molecule has 0 bridgehead atoms. The first-order valence-electron chi connectivity index (χ1n) is 14.0. The van der Waals surface area contributed by atoms with Crippen molar-refractivity contribution in [2.45, 2.75) is 89.9 Å². The van der Waals surface area contributed by atoms with E-state index in [9.17, 15) is 0 Å². The van der Waals surface area contributed by atoms with Gasteiger partial charge in [0.15, 0.2) is 0 Å². The molecule has 2 fully saturated rings. The fourth-order valence-corrected chi connectivity index (χ4v) is 8.72. The maximum absolute atomic E-state index is 6.36. The Bertz CT molecular complexity index is 1150. The van der Waals surface area contributed by atoms with Crippen molar-refractivity contribution in [3.63, 3.8) is 0 Å². The van der Waals surface area contributed by atoms with Crippen molar-refractivity contribution in [2.24, 2.45) is 11.8 Å². The third kappa shape index (κ3) is 5.94. The number of benzene rings is 2. The molecule has 0 saturated heterocycles. The van der Waals surface area contributed by atoms with Gasteiger partial charge in [-0.15, -0.1) is 22.7 Å². The van der Waals surface area contributed by atoms with Gasteiger partial charge in [-0.25, -0.2) is 0 Å². The summed E-state index contributed by atoms with van der Waals surface area (Å²) < 4.78 is 9.07. The van der Waals surface area contributed by atoms with Crippen molar-refractivity contribution in [3.05, 3.63) is 58.3 Å². The highest BCUT2D eigenvalue weighted by molar-refractivity contribution is 7.19. The lowest BCUT2D eigenvalue weighted by molar-refractivity contribution is 0.461. The molecule has 0 radical (unpaired) electrons. The lowest BCUT2D eigenvalue weighted by Gasteiger charge is -2.11. The first-order chi connectivity index (χ1) is 17.3. The van der Waals surface area contributed by atoms with Crippen LogP contribution in [0.25, 0.3) is 20.2 Å². The summed E-state index contributed by atoms with van der Waals surface area (Å²) >= 11 is 3.94. The van der Waals surface area contributed by atoms with Crippen LogP contribution in [0.4, 0.5) is 0 Å². The summed E-state index contributed by atoms with van der Waals surface area (Å²) in [6.07, 6.45) is 19.6. The minimum atomic E-state index is 0.881. The van der Waals surface area contributed by atoms with Crippen molar-refractivity contribution < 1.29 is 4.74 Å². The Labute approximate surface area is 218 Å². The average Bonchev–Trinajstić information content (AvgIpc) is 3.20. The lowest BCUT2D eigenvalue weighted by Crippen LogP contribution is -2.01. The van der Waals surface area contributed by atoms with E-state index in [4.69, 9.17) is 4.74 Å². The van der Waals surface area contributed by atoms with E-state index in [-0.39, 0.29) is 0 Å². The Balaban J connectivity index is 1.14. The second kappa shape index (κ2) is 11.0. The molecule has 0 atom stereocenters. The molecule has 0 unspecified atom stereocenters. The van der Waals surface area contributed by atoms with E-state index >= 15 is 0 Å². The van der Waals surface area contributed by atoms with Gasteiger partial charge in [0.2, 0.25) is 0 Å². The third-order valence-corrected chi connectivity index (χ3v) is 10.5. The Hall–Kier alpha value is -1.84. The number of hydrogen-bond donors (Lipinski definition) is 0. The van der Waals surface area contributed by atoms with Gasteiger partial charge in [-0.3, -0.25) is 0 Å². The van der Waals surface area contributed by atoms with Crippen LogP contribution in [0, 0.1) is 11.8 Å². The third-order valence-electron chi connectivity index (χ3n) is 8.25. The van der Waals surface area contributed by atoms with Gasteiger partial charge >= 0.3 is 0 Å². The van der Waals surface area contributed by atoms with E-state index < -0.39 is 0 Å². The van der Waals surface area contributed by atoms with E-state index in [1.807, 2.05) is 22.7 Å². The van der Waals surface area contributed by atoms with Crippen molar-refractivity contribution in [2.75, 3.05) is 0 Å². The number of hydrogen-bond acceptors (Lipinski definition) is 3. The van der Waals surface area contributed by atoms with Gasteiger partial charge in [0.25, 0.3) is 0 Å². The molecule has 35 heavy (non-hydrogen) atoms. The molecule has 2 saturated carbocycles. The molecule has 2 aliphatic carbocycles. The van der Waals surface area contributed by atoms with Crippen molar-refractivity contribution in [3.8, 4) is 11.5 Å². The van der Waals surface area contributed by atoms with Gasteiger partial charge in [-0.2, -0.15) is 0 Å². The van der Waals surface area contributed by atoms with Gasteiger partial charge in [-0.1, -0.05) is 77.0 Å². The van der Waals surface area contributed by atoms with Crippen LogP contribution in [-0.4, -0.2) is 0 Å². The van der Waals surface area contributed by atoms with Gasteiger partial charge in [0.05, 0.1) is 0 Å². The first kappa shape index (κ1) is 23.6. The molecule has 184 valence electrons. The number of thiophene rings is 2. The molecule has 0 N–H and O–H groups in total. The van der Waals surface area contributed by atoms with Gasteiger partial charge in [0.1, 0.15) is 11.5 Å². The van der Waals surface area contributed by atoms with Crippen LogP contribution in [0.1, 0.15) is 86.8 Å². The summed E-state index contributed by atoms with van der Waals surface area (Å²) in [6.45, 7) is 0. The van der Waals surface area contributed by atoms with Crippen LogP contribution < -0.4 is 4.74 Å². The van der Waals surface area contributed by atoms with Gasteiger partial charge in [-0.05, 0) is 84.0 Å². The molecule has 0 spiro atoms. The SMILES string of the molecule is c1cc2cc(CC3CCCCCC3)sc2cc1Oc1ccc2cc(CC3CCCCCC3)sc2c1. The summed E-state index contributed by atoms with van der Waals surface area (Å²) in [7, 11) is 0. The quantitative estimate of drug-likeness (QED) is 0.238. The van der Waals surface area contributed by atoms with Crippen LogP contribution >= 0.6 is 22.7 Å². The molecule has 1 nitrogen and oxygen atoms in total. The minimum absolute atomic E-state index is 0.881. The molecular formula is C32H38OS2. The van der Waals surface area contributed by atoms with Crippen molar-refractivity contribution >= 4 is 42.8 Å². The van der Waals surface area contributed by atoms with Crippen LogP contribution in [0.2, 0.25) is 0 Å². The smallest absolute Gasteiger partial charge is 0.128 e. The second-order valence-electron chi connectivity index (χ2n) is 11.1. The molecule has 2 heterocycles. The Kier molecular flexibility index (Phi) is 7.44.